The molecule has 1 aromatic heterocycles. The summed E-state index contributed by atoms with van der Waals surface area (Å²) in [5, 5.41) is 10.0. The summed E-state index contributed by atoms with van der Waals surface area (Å²) in [6.45, 7) is 6.64. The lowest BCUT2D eigenvalue weighted by molar-refractivity contribution is 0.590. The number of para-hydroxylation sites is 2. The fourth-order valence-corrected chi connectivity index (χ4v) is 18.0. The van der Waals surface area contributed by atoms with Crippen molar-refractivity contribution in [1.82, 2.24) is 4.57 Å². The van der Waals surface area contributed by atoms with Crippen LogP contribution in [-0.2, 0) is 5.41 Å². The highest BCUT2D eigenvalue weighted by molar-refractivity contribution is 7.00. The third-order valence-electron chi connectivity index (χ3n) is 23.0. The molecule has 0 N–H and O–H groups in total. The lowest BCUT2D eigenvalue weighted by atomic mass is 9.33. The van der Waals surface area contributed by atoms with Gasteiger partial charge in [0, 0.05) is 61.5 Å². The van der Waals surface area contributed by atoms with Crippen molar-refractivity contribution in [3.63, 3.8) is 0 Å². The molecule has 108 heavy (non-hydrogen) atoms. The molecule has 0 saturated carbocycles. The van der Waals surface area contributed by atoms with E-state index < -0.39 is 0 Å². The van der Waals surface area contributed by atoms with Gasteiger partial charge in [0.1, 0.15) is 0 Å². The van der Waals surface area contributed by atoms with Gasteiger partial charge in [0.15, 0.2) is 0 Å². The van der Waals surface area contributed by atoms with Gasteiger partial charge in [-0.15, -0.1) is 0 Å². The van der Waals surface area contributed by atoms with Crippen molar-refractivity contribution < 1.29 is 0 Å². The first-order valence-corrected chi connectivity index (χ1v) is 37.7. The number of hydrogen-bond donors (Lipinski definition) is 0. The van der Waals surface area contributed by atoms with Gasteiger partial charge in [-0.05, 0) is 193 Å². The van der Waals surface area contributed by atoms with Gasteiger partial charge in [0.25, 0.3) is 6.71 Å². The van der Waals surface area contributed by atoms with Crippen LogP contribution in [-0.4, -0.2) is 11.3 Å². The summed E-state index contributed by atoms with van der Waals surface area (Å²) in [7, 11) is 0. The number of anilines is 6. The Hall–Kier alpha value is -13.5. The SMILES string of the molecule is CC(C)(C)c1ccc(-c2cc3c4c(c2)N(c2c(-c5ccccc5)cc(-c5ccccc5)cc2-c2ccccc2)c2cc(-n5c6ccccc6c6ccccc65)ccc2B4c2cc(-c4ccc5ccc6cccc7ccc4c5c67)ccc2N3c2c(-c3ccccc3)cc(-c3ccccc3)cc2-c2ccccc2)cc1. The number of aromatic nitrogens is 1. The van der Waals surface area contributed by atoms with E-state index in [-0.39, 0.29) is 12.1 Å². The molecule has 2 aliphatic rings. The lowest BCUT2D eigenvalue weighted by Crippen LogP contribution is -2.61. The molecule has 506 valence electrons. The highest BCUT2D eigenvalue weighted by Gasteiger charge is 2.46. The zero-order valence-corrected chi connectivity index (χ0v) is 60.3. The first-order chi connectivity index (χ1) is 53.2. The van der Waals surface area contributed by atoms with Crippen LogP contribution in [0.2, 0.25) is 0 Å². The van der Waals surface area contributed by atoms with Gasteiger partial charge < -0.3 is 14.4 Å². The molecule has 0 saturated heterocycles. The van der Waals surface area contributed by atoms with Crippen molar-refractivity contribution >= 4 is 111 Å². The van der Waals surface area contributed by atoms with Gasteiger partial charge in [0.05, 0.1) is 22.4 Å². The van der Waals surface area contributed by atoms with Crippen LogP contribution in [0.1, 0.15) is 26.3 Å². The molecule has 0 amide bonds. The van der Waals surface area contributed by atoms with Crippen molar-refractivity contribution in [2.45, 2.75) is 26.2 Å². The largest absolute Gasteiger partial charge is 0.310 e. The summed E-state index contributed by atoms with van der Waals surface area (Å²) in [5.74, 6) is 0. The number of rotatable bonds is 11. The van der Waals surface area contributed by atoms with E-state index in [1.165, 1.54) is 76.2 Å². The summed E-state index contributed by atoms with van der Waals surface area (Å²) in [6, 6.07) is 145. The van der Waals surface area contributed by atoms with Crippen LogP contribution in [0.4, 0.5) is 34.1 Å². The van der Waals surface area contributed by atoms with Gasteiger partial charge >= 0.3 is 0 Å². The monoisotopic (exact) mass is 1370 g/mol. The minimum absolute atomic E-state index is 0.0691. The van der Waals surface area contributed by atoms with Crippen LogP contribution in [0, 0.1) is 0 Å². The van der Waals surface area contributed by atoms with Crippen molar-refractivity contribution in [3.8, 4) is 94.7 Å². The first kappa shape index (κ1) is 63.0. The predicted octanol–water partition coefficient (Wildman–Crippen LogP) is 26.4. The van der Waals surface area contributed by atoms with Crippen molar-refractivity contribution in [3.05, 3.63) is 388 Å². The summed E-state index contributed by atoms with van der Waals surface area (Å²) < 4.78 is 2.50. The molecule has 0 spiro atoms. The maximum atomic E-state index is 2.72. The maximum absolute atomic E-state index is 2.72. The van der Waals surface area contributed by atoms with E-state index in [1.54, 1.807) is 0 Å². The quantitative estimate of drug-likeness (QED) is 0.0944. The molecule has 4 heteroatoms. The second kappa shape index (κ2) is 25.1. The zero-order chi connectivity index (χ0) is 71.7. The van der Waals surface area contributed by atoms with Gasteiger partial charge in [-0.3, -0.25) is 0 Å². The average molecular weight is 1370 g/mol. The second-order valence-electron chi connectivity index (χ2n) is 30.3. The number of benzene rings is 18. The first-order valence-electron chi connectivity index (χ1n) is 37.7. The highest BCUT2D eigenvalue weighted by atomic mass is 15.2. The van der Waals surface area contributed by atoms with Crippen LogP contribution in [0.25, 0.3) is 149 Å². The van der Waals surface area contributed by atoms with Gasteiger partial charge in [-0.1, -0.05) is 336 Å². The molecule has 0 fully saturated rings. The maximum Gasteiger partial charge on any atom is 0.252 e. The molecular weight excluding hydrogens is 1300 g/mol. The van der Waals surface area contributed by atoms with Gasteiger partial charge in [-0.25, -0.2) is 0 Å². The van der Waals surface area contributed by atoms with Crippen LogP contribution < -0.4 is 26.2 Å². The predicted molar refractivity (Wildman–Crippen MR) is 461 cm³/mol. The Morgan fingerprint density at radius 2 is 0.648 bits per heavy atom. The van der Waals surface area contributed by atoms with Gasteiger partial charge in [-0.2, -0.15) is 0 Å². The Morgan fingerprint density at radius 1 is 0.241 bits per heavy atom. The minimum atomic E-state index is -0.301. The van der Waals surface area contributed by atoms with E-state index in [2.05, 4.69) is 417 Å². The van der Waals surface area contributed by atoms with E-state index in [0.717, 1.165) is 129 Å². The summed E-state index contributed by atoms with van der Waals surface area (Å²) in [5.41, 5.74) is 33.1. The number of fused-ring (bicyclic) bond motifs is 7. The molecule has 21 rings (SSSR count). The fraction of sp³-hybridized carbons (Fsp3) is 0.0385. The van der Waals surface area contributed by atoms with Crippen molar-refractivity contribution in [2.75, 3.05) is 9.80 Å². The molecule has 18 aromatic carbocycles. The third kappa shape index (κ3) is 10.2. The van der Waals surface area contributed by atoms with Crippen LogP contribution in [0.3, 0.4) is 0 Å². The van der Waals surface area contributed by atoms with Gasteiger partial charge in [0.2, 0.25) is 0 Å². The van der Waals surface area contributed by atoms with Crippen LogP contribution >= 0.6 is 0 Å². The van der Waals surface area contributed by atoms with Crippen molar-refractivity contribution in [1.29, 1.82) is 0 Å². The Labute approximate surface area is 630 Å². The second-order valence-corrected chi connectivity index (χ2v) is 30.3. The Bertz CT molecular complexity index is 6550. The van der Waals surface area contributed by atoms with E-state index in [4.69, 9.17) is 0 Å². The molecule has 0 bridgehead atoms. The number of hydrogen-bond acceptors (Lipinski definition) is 2. The van der Waals surface area contributed by atoms with Crippen LogP contribution in [0.15, 0.2) is 382 Å². The summed E-state index contributed by atoms with van der Waals surface area (Å²) in [4.78, 5) is 5.42. The Kier molecular flexibility index (Phi) is 14.6. The highest BCUT2D eigenvalue weighted by Crippen LogP contribution is 2.56. The molecule has 3 heterocycles. The molecule has 0 unspecified atom stereocenters. The van der Waals surface area contributed by atoms with E-state index in [1.807, 2.05) is 0 Å². The zero-order valence-electron chi connectivity index (χ0n) is 60.3. The normalized spacial score (nSPS) is 12.5. The van der Waals surface area contributed by atoms with E-state index >= 15 is 0 Å². The molecule has 3 nitrogen and oxygen atoms in total. The standard InChI is InChI=1S/C104H72BN3/c1-104(2,3)81-52-47-69(48-53-81)80-64-97-101-98(65-80)108(103-89(72-35-18-8-19-36-72)61-79(68-29-12-5-13-30-68)62-90(103)73-37-20-9-21-38-73)96-66-82(106-93-43-24-22-41-84(93)85-42-23-25-44-94(85)106)54-57-91(96)105(101)92-63-77(83-55-49-76-46-45-74-39-26-40-75-50-56-86(83)100(76)99(74)75)51-58-95(92)107(97)102-87(70-31-14-6-15-32-70)59-78(67-27-10-4-11-28-67)60-88(102)71-33-16-7-17-34-71/h4-66H,1-3H3. The van der Waals surface area contributed by atoms with E-state index in [0.29, 0.717) is 0 Å². The molecule has 0 atom stereocenters. The smallest absolute Gasteiger partial charge is 0.252 e. The molecule has 0 radical (unpaired) electrons. The summed E-state index contributed by atoms with van der Waals surface area (Å²) >= 11 is 0. The molecule has 19 aromatic rings. The Balaban J connectivity index is 0.952. The third-order valence-corrected chi connectivity index (χ3v) is 23.0. The van der Waals surface area contributed by atoms with Crippen LogP contribution in [0.5, 0.6) is 0 Å². The Morgan fingerprint density at radius 3 is 1.14 bits per heavy atom. The summed E-state index contributed by atoms with van der Waals surface area (Å²) in [6.07, 6.45) is 0. The lowest BCUT2D eigenvalue weighted by Gasteiger charge is -2.46. The topological polar surface area (TPSA) is 11.4 Å². The fourth-order valence-electron chi connectivity index (χ4n) is 18.0. The molecule has 0 aliphatic carbocycles. The van der Waals surface area contributed by atoms with Crippen molar-refractivity contribution in [2.24, 2.45) is 0 Å². The van der Waals surface area contributed by atoms with E-state index in [9.17, 15) is 0 Å². The minimum Gasteiger partial charge on any atom is -0.310 e. The molecule has 2 aliphatic heterocycles. The molecular formula is C104H72BN3. The average Bonchev–Trinajstić information content (AvgIpc) is 0.719. The number of nitrogens with zero attached hydrogens (tertiary/aromatic N) is 3.